The van der Waals surface area contributed by atoms with Gasteiger partial charge in [0.1, 0.15) is 5.75 Å². The first kappa shape index (κ1) is 9.36. The van der Waals surface area contributed by atoms with E-state index in [1.807, 2.05) is 19.1 Å². The number of benzene rings is 1. The van der Waals surface area contributed by atoms with Crippen molar-refractivity contribution in [3.05, 3.63) is 28.8 Å². The number of hydrogen-bond donors (Lipinski definition) is 1. The molecule has 0 saturated heterocycles. The highest BCUT2D eigenvalue weighted by molar-refractivity contribution is 6.32. The van der Waals surface area contributed by atoms with Crippen LogP contribution in [0.5, 0.6) is 5.75 Å². The second kappa shape index (κ2) is 3.78. The van der Waals surface area contributed by atoms with E-state index >= 15 is 0 Å². The van der Waals surface area contributed by atoms with Gasteiger partial charge in [0.25, 0.3) is 0 Å². The molecule has 1 atom stereocenters. The van der Waals surface area contributed by atoms with Crippen LogP contribution in [-0.4, -0.2) is 7.11 Å². The van der Waals surface area contributed by atoms with Crippen molar-refractivity contribution in [2.75, 3.05) is 7.11 Å². The Labute approximate surface area is 77.3 Å². The molecule has 12 heavy (non-hydrogen) atoms. The zero-order chi connectivity index (χ0) is 9.14. The average Bonchev–Trinajstić information content (AvgIpc) is 2.03. The van der Waals surface area contributed by atoms with Crippen LogP contribution in [0.4, 0.5) is 0 Å². The minimum Gasteiger partial charge on any atom is -0.495 e. The first-order chi connectivity index (χ1) is 5.66. The first-order valence-electron chi connectivity index (χ1n) is 3.74. The van der Waals surface area contributed by atoms with E-state index in [1.165, 1.54) is 0 Å². The van der Waals surface area contributed by atoms with Gasteiger partial charge in [-0.15, -0.1) is 0 Å². The number of methoxy groups -OCH3 is 1. The van der Waals surface area contributed by atoms with Crippen molar-refractivity contribution >= 4 is 11.6 Å². The molecule has 0 aliphatic rings. The molecular weight excluding hydrogens is 174 g/mol. The van der Waals surface area contributed by atoms with Crippen molar-refractivity contribution < 1.29 is 4.74 Å². The van der Waals surface area contributed by atoms with Crippen LogP contribution in [0.15, 0.2) is 18.2 Å². The SMILES string of the molecule is COc1c(Cl)cccc1[C@H](C)N. The zero-order valence-corrected chi connectivity index (χ0v) is 7.93. The number of hydrogen-bond acceptors (Lipinski definition) is 2. The fourth-order valence-electron chi connectivity index (χ4n) is 1.10. The summed E-state index contributed by atoms with van der Waals surface area (Å²) in [6.07, 6.45) is 0. The van der Waals surface area contributed by atoms with Crippen molar-refractivity contribution in [2.45, 2.75) is 13.0 Å². The van der Waals surface area contributed by atoms with Crippen LogP contribution in [-0.2, 0) is 0 Å². The van der Waals surface area contributed by atoms with Gasteiger partial charge in [0, 0.05) is 11.6 Å². The topological polar surface area (TPSA) is 35.2 Å². The molecule has 0 spiro atoms. The van der Waals surface area contributed by atoms with Gasteiger partial charge in [-0.2, -0.15) is 0 Å². The molecule has 0 aliphatic heterocycles. The van der Waals surface area contributed by atoms with Gasteiger partial charge >= 0.3 is 0 Å². The first-order valence-corrected chi connectivity index (χ1v) is 4.12. The van der Waals surface area contributed by atoms with Crippen LogP contribution in [0.3, 0.4) is 0 Å². The van der Waals surface area contributed by atoms with Crippen LogP contribution in [0.2, 0.25) is 5.02 Å². The molecule has 1 aromatic rings. The molecule has 2 N–H and O–H groups in total. The maximum Gasteiger partial charge on any atom is 0.142 e. The molecule has 66 valence electrons. The molecule has 3 heteroatoms. The molecule has 1 aromatic carbocycles. The third-order valence-electron chi connectivity index (χ3n) is 1.69. The molecule has 0 heterocycles. The molecule has 1 rings (SSSR count). The summed E-state index contributed by atoms with van der Waals surface area (Å²) < 4.78 is 5.13. The summed E-state index contributed by atoms with van der Waals surface area (Å²) in [4.78, 5) is 0. The molecule has 0 aromatic heterocycles. The Kier molecular flexibility index (Phi) is 2.95. The Bertz CT molecular complexity index is 273. The molecule has 0 bridgehead atoms. The lowest BCUT2D eigenvalue weighted by Gasteiger charge is -2.12. The number of halogens is 1. The summed E-state index contributed by atoms with van der Waals surface area (Å²) in [5.74, 6) is 0.675. The molecule has 2 nitrogen and oxygen atoms in total. The number of rotatable bonds is 2. The molecule has 0 aliphatic carbocycles. The van der Waals surface area contributed by atoms with E-state index in [0.29, 0.717) is 10.8 Å². The van der Waals surface area contributed by atoms with Gasteiger partial charge in [-0.3, -0.25) is 0 Å². The number of nitrogens with two attached hydrogens (primary N) is 1. The summed E-state index contributed by atoms with van der Waals surface area (Å²) in [5.41, 5.74) is 6.66. The average molecular weight is 186 g/mol. The summed E-state index contributed by atoms with van der Waals surface area (Å²) >= 11 is 5.89. The summed E-state index contributed by atoms with van der Waals surface area (Å²) in [6.45, 7) is 1.90. The largest absolute Gasteiger partial charge is 0.495 e. The summed E-state index contributed by atoms with van der Waals surface area (Å²) in [5, 5.41) is 0.604. The van der Waals surface area contributed by atoms with Crippen molar-refractivity contribution in [1.82, 2.24) is 0 Å². The fourth-order valence-corrected chi connectivity index (χ4v) is 1.36. The molecule has 0 amide bonds. The third kappa shape index (κ3) is 1.71. The highest BCUT2D eigenvalue weighted by Crippen LogP contribution is 2.31. The lowest BCUT2D eigenvalue weighted by molar-refractivity contribution is 0.407. The highest BCUT2D eigenvalue weighted by atomic mass is 35.5. The molecule has 0 unspecified atom stereocenters. The minimum absolute atomic E-state index is 0.0568. The van der Waals surface area contributed by atoms with Crippen molar-refractivity contribution in [2.24, 2.45) is 5.73 Å². The van der Waals surface area contributed by atoms with Gasteiger partial charge < -0.3 is 10.5 Å². The van der Waals surface area contributed by atoms with E-state index in [-0.39, 0.29) is 6.04 Å². The van der Waals surface area contributed by atoms with E-state index in [2.05, 4.69) is 0 Å². The van der Waals surface area contributed by atoms with Crippen LogP contribution >= 0.6 is 11.6 Å². The molecular formula is C9H12ClNO. The van der Waals surface area contributed by atoms with Crippen molar-refractivity contribution in [1.29, 1.82) is 0 Å². The maximum atomic E-state index is 5.89. The Hall–Kier alpha value is -0.730. The normalized spacial score (nSPS) is 12.7. The van der Waals surface area contributed by atoms with Crippen LogP contribution in [0.1, 0.15) is 18.5 Å². The van der Waals surface area contributed by atoms with Gasteiger partial charge in [0.05, 0.1) is 12.1 Å². The lowest BCUT2D eigenvalue weighted by atomic mass is 10.1. The Morgan fingerprint density at radius 3 is 2.58 bits per heavy atom. The smallest absolute Gasteiger partial charge is 0.142 e. The molecule has 0 fully saturated rings. The third-order valence-corrected chi connectivity index (χ3v) is 1.99. The van der Waals surface area contributed by atoms with Crippen molar-refractivity contribution in [3.63, 3.8) is 0 Å². The fraction of sp³-hybridized carbons (Fsp3) is 0.333. The highest BCUT2D eigenvalue weighted by Gasteiger charge is 2.09. The van der Waals surface area contributed by atoms with Crippen LogP contribution in [0, 0.1) is 0 Å². The van der Waals surface area contributed by atoms with Gasteiger partial charge in [-0.05, 0) is 13.0 Å². The second-order valence-corrected chi connectivity index (χ2v) is 3.06. The van der Waals surface area contributed by atoms with E-state index < -0.39 is 0 Å². The number of para-hydroxylation sites is 1. The predicted octanol–water partition coefficient (Wildman–Crippen LogP) is 2.37. The predicted molar refractivity (Wildman–Crippen MR) is 50.6 cm³/mol. The number of ether oxygens (including phenoxy) is 1. The van der Waals surface area contributed by atoms with Gasteiger partial charge in [-0.25, -0.2) is 0 Å². The van der Waals surface area contributed by atoms with E-state index in [4.69, 9.17) is 22.1 Å². The van der Waals surface area contributed by atoms with Crippen LogP contribution < -0.4 is 10.5 Å². The van der Waals surface area contributed by atoms with Gasteiger partial charge in [0.2, 0.25) is 0 Å². The Morgan fingerprint density at radius 2 is 2.17 bits per heavy atom. The van der Waals surface area contributed by atoms with E-state index in [9.17, 15) is 0 Å². The Balaban J connectivity index is 3.18. The maximum absolute atomic E-state index is 5.89. The monoisotopic (exact) mass is 185 g/mol. The van der Waals surface area contributed by atoms with Gasteiger partial charge in [0.15, 0.2) is 0 Å². The Morgan fingerprint density at radius 1 is 1.50 bits per heavy atom. The summed E-state index contributed by atoms with van der Waals surface area (Å²) in [7, 11) is 1.59. The van der Waals surface area contributed by atoms with Crippen molar-refractivity contribution in [3.8, 4) is 5.75 Å². The second-order valence-electron chi connectivity index (χ2n) is 2.65. The van der Waals surface area contributed by atoms with E-state index in [0.717, 1.165) is 5.56 Å². The quantitative estimate of drug-likeness (QED) is 0.768. The molecule has 0 radical (unpaired) electrons. The molecule has 0 saturated carbocycles. The lowest BCUT2D eigenvalue weighted by Crippen LogP contribution is -2.06. The van der Waals surface area contributed by atoms with Crippen LogP contribution in [0.25, 0.3) is 0 Å². The zero-order valence-electron chi connectivity index (χ0n) is 7.17. The minimum atomic E-state index is -0.0568. The summed E-state index contributed by atoms with van der Waals surface area (Å²) in [6, 6.07) is 5.50. The van der Waals surface area contributed by atoms with E-state index in [1.54, 1.807) is 13.2 Å². The van der Waals surface area contributed by atoms with Gasteiger partial charge in [-0.1, -0.05) is 23.7 Å². The standard InChI is InChI=1S/C9H12ClNO/c1-6(11)7-4-3-5-8(10)9(7)12-2/h3-6H,11H2,1-2H3/t6-/m0/s1.